The van der Waals surface area contributed by atoms with Crippen molar-refractivity contribution in [2.75, 3.05) is 11.3 Å². The van der Waals surface area contributed by atoms with Crippen molar-refractivity contribution in [3.8, 4) is 5.75 Å². The topological polar surface area (TPSA) is 69.6 Å². The summed E-state index contributed by atoms with van der Waals surface area (Å²) in [5, 5.41) is 9.53. The third kappa shape index (κ3) is 3.16. The molecule has 1 heterocycles. The molecule has 7 heteroatoms. The van der Waals surface area contributed by atoms with Crippen molar-refractivity contribution >= 4 is 15.9 Å². The van der Waals surface area contributed by atoms with Gasteiger partial charge in [-0.3, -0.25) is 4.72 Å². The second-order valence-electron chi connectivity index (χ2n) is 4.72. The third-order valence-electron chi connectivity index (χ3n) is 3.25. The van der Waals surface area contributed by atoms with Gasteiger partial charge in [-0.25, -0.2) is 4.39 Å². The molecule has 1 fully saturated rings. The maximum atomic E-state index is 12.8. The van der Waals surface area contributed by atoms with Crippen molar-refractivity contribution in [2.24, 2.45) is 0 Å². The summed E-state index contributed by atoms with van der Waals surface area (Å²) in [7, 11) is -3.72. The Hall–Kier alpha value is -1.34. The molecule has 19 heavy (non-hydrogen) atoms. The predicted octanol–water partition coefficient (Wildman–Crippen LogP) is 2.06. The Balaban J connectivity index is 2.20. The van der Waals surface area contributed by atoms with E-state index in [0.717, 1.165) is 31.4 Å². The molecule has 1 unspecified atom stereocenters. The first-order chi connectivity index (χ1) is 8.90. The van der Waals surface area contributed by atoms with Gasteiger partial charge in [-0.2, -0.15) is 12.7 Å². The molecule has 106 valence electrons. The number of hydrogen-bond donors (Lipinski definition) is 2. The number of phenols is 1. The zero-order valence-electron chi connectivity index (χ0n) is 10.6. The molecule has 1 atom stereocenters. The second kappa shape index (κ2) is 5.34. The molecule has 1 aromatic rings. The van der Waals surface area contributed by atoms with E-state index in [9.17, 15) is 17.9 Å². The fourth-order valence-corrected chi connectivity index (χ4v) is 3.73. The minimum atomic E-state index is -3.72. The molecule has 1 aliphatic heterocycles. The van der Waals surface area contributed by atoms with Crippen LogP contribution in [-0.4, -0.2) is 30.4 Å². The maximum Gasteiger partial charge on any atom is 0.302 e. The minimum absolute atomic E-state index is 0.0147. The van der Waals surface area contributed by atoms with E-state index in [2.05, 4.69) is 4.72 Å². The van der Waals surface area contributed by atoms with E-state index in [0.29, 0.717) is 6.54 Å². The summed E-state index contributed by atoms with van der Waals surface area (Å²) in [5.41, 5.74) is -0.0147. The Morgan fingerprint density at radius 1 is 1.42 bits per heavy atom. The second-order valence-corrected chi connectivity index (χ2v) is 6.35. The van der Waals surface area contributed by atoms with Gasteiger partial charge >= 0.3 is 10.2 Å². The molecule has 2 N–H and O–H groups in total. The van der Waals surface area contributed by atoms with Crippen molar-refractivity contribution < 1.29 is 17.9 Å². The van der Waals surface area contributed by atoms with Gasteiger partial charge in [0.15, 0.2) is 0 Å². The summed E-state index contributed by atoms with van der Waals surface area (Å²) in [6.45, 7) is 2.31. The van der Waals surface area contributed by atoms with Crippen LogP contribution in [0, 0.1) is 5.82 Å². The lowest BCUT2D eigenvalue weighted by atomic mass is 10.1. The lowest BCUT2D eigenvalue weighted by Crippen LogP contribution is -2.44. The smallest absolute Gasteiger partial charge is 0.302 e. The molecule has 1 aromatic carbocycles. The minimum Gasteiger partial charge on any atom is -0.506 e. The molecule has 5 nitrogen and oxygen atoms in total. The predicted molar refractivity (Wildman–Crippen MR) is 70.6 cm³/mol. The Kier molecular flexibility index (Phi) is 3.96. The van der Waals surface area contributed by atoms with Crippen molar-refractivity contribution in [1.82, 2.24) is 4.31 Å². The summed E-state index contributed by atoms with van der Waals surface area (Å²) in [5.74, 6) is -1.04. The van der Waals surface area contributed by atoms with Gasteiger partial charge in [-0.05, 0) is 31.9 Å². The first-order valence-electron chi connectivity index (χ1n) is 6.18. The highest BCUT2D eigenvalue weighted by molar-refractivity contribution is 7.90. The van der Waals surface area contributed by atoms with Crippen LogP contribution in [-0.2, 0) is 10.2 Å². The Bertz CT molecular complexity index is 562. The van der Waals surface area contributed by atoms with Crippen molar-refractivity contribution in [2.45, 2.75) is 32.2 Å². The number of anilines is 1. The number of nitrogens with zero attached hydrogens (tertiary/aromatic N) is 1. The average Bonchev–Trinajstić information content (AvgIpc) is 2.33. The van der Waals surface area contributed by atoms with Crippen molar-refractivity contribution in [3.63, 3.8) is 0 Å². The number of benzene rings is 1. The van der Waals surface area contributed by atoms with E-state index in [4.69, 9.17) is 0 Å². The number of halogens is 1. The number of piperidine rings is 1. The van der Waals surface area contributed by atoms with Crippen LogP contribution >= 0.6 is 0 Å². The van der Waals surface area contributed by atoms with Crippen LogP contribution in [0.15, 0.2) is 18.2 Å². The number of rotatable bonds is 3. The SMILES string of the molecule is CC1CCCCN1S(=O)(=O)Nc1ccc(F)cc1O. The van der Waals surface area contributed by atoms with Crippen LogP contribution < -0.4 is 4.72 Å². The van der Waals surface area contributed by atoms with Crippen LogP contribution in [0.3, 0.4) is 0 Å². The van der Waals surface area contributed by atoms with E-state index in [1.807, 2.05) is 6.92 Å². The van der Waals surface area contributed by atoms with Gasteiger partial charge in [0.1, 0.15) is 11.6 Å². The van der Waals surface area contributed by atoms with E-state index < -0.39 is 21.8 Å². The zero-order chi connectivity index (χ0) is 14.0. The van der Waals surface area contributed by atoms with Crippen LogP contribution in [0.4, 0.5) is 10.1 Å². The molecular formula is C12H17FN2O3S. The van der Waals surface area contributed by atoms with E-state index in [-0.39, 0.29) is 11.7 Å². The van der Waals surface area contributed by atoms with E-state index in [1.54, 1.807) is 0 Å². The summed E-state index contributed by atoms with van der Waals surface area (Å²) >= 11 is 0. The first-order valence-corrected chi connectivity index (χ1v) is 7.62. The Morgan fingerprint density at radius 2 is 2.16 bits per heavy atom. The summed E-state index contributed by atoms with van der Waals surface area (Å²) in [4.78, 5) is 0. The third-order valence-corrected chi connectivity index (χ3v) is 4.89. The Morgan fingerprint density at radius 3 is 2.79 bits per heavy atom. The molecule has 0 aliphatic carbocycles. The quantitative estimate of drug-likeness (QED) is 0.836. The zero-order valence-corrected chi connectivity index (χ0v) is 11.5. The lowest BCUT2D eigenvalue weighted by Gasteiger charge is -2.32. The molecule has 0 amide bonds. The molecule has 0 saturated carbocycles. The summed E-state index contributed by atoms with van der Waals surface area (Å²) in [6.07, 6.45) is 2.64. The van der Waals surface area contributed by atoms with Gasteiger partial charge in [0, 0.05) is 18.7 Å². The van der Waals surface area contributed by atoms with Gasteiger partial charge < -0.3 is 5.11 Å². The average molecular weight is 288 g/mol. The first kappa shape index (κ1) is 14.1. The molecule has 2 rings (SSSR count). The number of aromatic hydroxyl groups is 1. The molecule has 1 aliphatic rings. The van der Waals surface area contributed by atoms with Crippen LogP contribution in [0.5, 0.6) is 5.75 Å². The monoisotopic (exact) mass is 288 g/mol. The highest BCUT2D eigenvalue weighted by Crippen LogP contribution is 2.27. The fraction of sp³-hybridized carbons (Fsp3) is 0.500. The summed E-state index contributed by atoms with van der Waals surface area (Å²) < 4.78 is 40.9. The number of nitrogens with one attached hydrogen (secondary N) is 1. The highest BCUT2D eigenvalue weighted by Gasteiger charge is 2.29. The van der Waals surface area contributed by atoms with Gasteiger partial charge in [-0.15, -0.1) is 0 Å². The van der Waals surface area contributed by atoms with Gasteiger partial charge in [-0.1, -0.05) is 6.42 Å². The van der Waals surface area contributed by atoms with Crippen LogP contribution in [0.2, 0.25) is 0 Å². The summed E-state index contributed by atoms with van der Waals surface area (Å²) in [6, 6.07) is 3.10. The van der Waals surface area contributed by atoms with E-state index in [1.165, 1.54) is 10.4 Å². The maximum absolute atomic E-state index is 12.8. The molecule has 0 spiro atoms. The van der Waals surface area contributed by atoms with Crippen molar-refractivity contribution in [1.29, 1.82) is 0 Å². The van der Waals surface area contributed by atoms with Crippen LogP contribution in [0.1, 0.15) is 26.2 Å². The van der Waals surface area contributed by atoms with E-state index >= 15 is 0 Å². The standard InChI is InChI=1S/C12H17FN2O3S/c1-9-4-2-3-7-15(9)19(17,18)14-11-6-5-10(13)8-12(11)16/h5-6,8-9,14,16H,2-4,7H2,1H3. The van der Waals surface area contributed by atoms with Gasteiger partial charge in [0.25, 0.3) is 0 Å². The number of hydrogen-bond acceptors (Lipinski definition) is 3. The molecule has 0 radical (unpaired) electrons. The van der Waals surface area contributed by atoms with Crippen molar-refractivity contribution in [3.05, 3.63) is 24.0 Å². The molecule has 0 aromatic heterocycles. The highest BCUT2D eigenvalue weighted by atomic mass is 32.2. The lowest BCUT2D eigenvalue weighted by molar-refractivity contribution is 0.270. The largest absolute Gasteiger partial charge is 0.506 e. The fourth-order valence-electron chi connectivity index (χ4n) is 2.22. The van der Waals surface area contributed by atoms with Gasteiger partial charge in [0.2, 0.25) is 0 Å². The van der Waals surface area contributed by atoms with Crippen LogP contribution in [0.25, 0.3) is 0 Å². The Labute approximate surface area is 112 Å². The molecule has 0 bridgehead atoms. The normalized spacial score (nSPS) is 21.3. The van der Waals surface area contributed by atoms with Gasteiger partial charge in [0.05, 0.1) is 5.69 Å². The molecule has 1 saturated heterocycles. The number of phenolic OH excluding ortho intramolecular Hbond substituents is 1. The molecular weight excluding hydrogens is 271 g/mol.